The molecule has 0 aliphatic carbocycles. The van der Waals surface area contributed by atoms with Gasteiger partial charge >= 0.3 is 0 Å². The number of aliphatic hydroxyl groups excluding tert-OH is 2. The largest absolute Gasteiger partial charge is 0.396 e. The third-order valence-corrected chi connectivity index (χ3v) is 1.93. The molecule has 2 unspecified atom stereocenters. The van der Waals surface area contributed by atoms with Crippen LogP contribution in [0.2, 0.25) is 0 Å². The molecule has 1 rings (SSSR count). The van der Waals surface area contributed by atoms with Crippen LogP contribution in [-0.4, -0.2) is 48.8 Å². The summed E-state index contributed by atoms with van der Waals surface area (Å²) in [5.41, 5.74) is 0. The summed E-state index contributed by atoms with van der Waals surface area (Å²) in [6, 6.07) is 0. The van der Waals surface area contributed by atoms with Crippen molar-refractivity contribution in [1.29, 1.82) is 0 Å². The third-order valence-electron chi connectivity index (χ3n) is 1.93. The summed E-state index contributed by atoms with van der Waals surface area (Å²) in [6.07, 6.45) is 0.480. The zero-order chi connectivity index (χ0) is 8.81. The van der Waals surface area contributed by atoms with Crippen LogP contribution in [0.1, 0.15) is 12.8 Å². The Morgan fingerprint density at radius 1 is 1.42 bits per heavy atom. The molecule has 0 aromatic rings. The average Bonchev–Trinajstić information content (AvgIpc) is 2.15. The van der Waals surface area contributed by atoms with Crippen molar-refractivity contribution >= 4 is 0 Å². The van der Waals surface area contributed by atoms with Gasteiger partial charge in [-0.15, -0.1) is 0 Å². The van der Waals surface area contributed by atoms with E-state index >= 15 is 0 Å². The molecule has 0 saturated carbocycles. The molecule has 4 nitrogen and oxygen atoms in total. The van der Waals surface area contributed by atoms with Gasteiger partial charge in [-0.1, -0.05) is 0 Å². The quantitative estimate of drug-likeness (QED) is 0.608. The van der Waals surface area contributed by atoms with Gasteiger partial charge in [0.2, 0.25) is 0 Å². The van der Waals surface area contributed by atoms with E-state index in [1.54, 1.807) is 0 Å². The zero-order valence-corrected chi connectivity index (χ0v) is 7.11. The fourth-order valence-corrected chi connectivity index (χ4v) is 1.21. The monoisotopic (exact) mass is 176 g/mol. The molecule has 2 N–H and O–H groups in total. The van der Waals surface area contributed by atoms with Gasteiger partial charge < -0.3 is 19.7 Å². The van der Waals surface area contributed by atoms with Crippen molar-refractivity contribution < 1.29 is 19.7 Å². The van der Waals surface area contributed by atoms with Crippen molar-refractivity contribution in [2.75, 3.05) is 26.4 Å². The Bertz CT molecular complexity index is 112. The number of hydrogen-bond donors (Lipinski definition) is 2. The normalized spacial score (nSPS) is 27.0. The van der Waals surface area contributed by atoms with Crippen LogP contribution in [0.4, 0.5) is 0 Å². The topological polar surface area (TPSA) is 58.9 Å². The van der Waals surface area contributed by atoms with Crippen molar-refractivity contribution in [1.82, 2.24) is 0 Å². The van der Waals surface area contributed by atoms with Crippen LogP contribution in [0, 0.1) is 0 Å². The predicted molar refractivity (Wildman–Crippen MR) is 42.9 cm³/mol. The summed E-state index contributed by atoms with van der Waals surface area (Å²) in [5.74, 6) is 0. The van der Waals surface area contributed by atoms with Crippen LogP contribution in [-0.2, 0) is 9.47 Å². The van der Waals surface area contributed by atoms with Crippen LogP contribution >= 0.6 is 0 Å². The highest BCUT2D eigenvalue weighted by molar-refractivity contribution is 4.70. The van der Waals surface area contributed by atoms with E-state index < -0.39 is 6.10 Å². The Balaban J connectivity index is 2.15. The Labute approximate surface area is 72.1 Å². The van der Waals surface area contributed by atoms with E-state index in [1.807, 2.05) is 0 Å². The summed E-state index contributed by atoms with van der Waals surface area (Å²) in [5, 5.41) is 18.0. The summed E-state index contributed by atoms with van der Waals surface area (Å²) >= 11 is 0. The first-order chi connectivity index (χ1) is 5.84. The molecular formula is C8H16O4. The molecule has 1 aliphatic rings. The standard InChI is InChI=1S/C8H16O4/c9-3-1-2-7(10)8-6-11-4-5-12-8/h7-10H,1-6H2. The summed E-state index contributed by atoms with van der Waals surface area (Å²) < 4.78 is 10.4. The maximum Gasteiger partial charge on any atom is 0.107 e. The SMILES string of the molecule is OCCCC(O)C1COCCO1. The molecule has 0 spiro atoms. The molecular weight excluding hydrogens is 160 g/mol. The van der Waals surface area contributed by atoms with Gasteiger partial charge in [0.15, 0.2) is 0 Å². The van der Waals surface area contributed by atoms with E-state index in [0.29, 0.717) is 32.7 Å². The molecule has 12 heavy (non-hydrogen) atoms. The minimum absolute atomic E-state index is 0.116. The average molecular weight is 176 g/mol. The molecule has 0 aromatic heterocycles. The first kappa shape index (κ1) is 9.92. The second-order valence-electron chi connectivity index (χ2n) is 2.92. The molecule has 0 radical (unpaired) electrons. The molecule has 2 atom stereocenters. The maximum atomic E-state index is 9.49. The van der Waals surface area contributed by atoms with Gasteiger partial charge in [-0.05, 0) is 12.8 Å². The lowest BCUT2D eigenvalue weighted by molar-refractivity contribution is -0.133. The Morgan fingerprint density at radius 2 is 2.25 bits per heavy atom. The number of rotatable bonds is 4. The fraction of sp³-hybridized carbons (Fsp3) is 1.00. The van der Waals surface area contributed by atoms with Gasteiger partial charge in [0.25, 0.3) is 0 Å². The zero-order valence-electron chi connectivity index (χ0n) is 7.11. The molecule has 0 aromatic carbocycles. The molecule has 0 bridgehead atoms. The summed E-state index contributed by atoms with van der Waals surface area (Å²) in [6.45, 7) is 1.75. The first-order valence-electron chi connectivity index (χ1n) is 4.33. The second-order valence-corrected chi connectivity index (χ2v) is 2.92. The molecule has 0 amide bonds. The van der Waals surface area contributed by atoms with E-state index in [9.17, 15) is 5.11 Å². The predicted octanol–water partition coefficient (Wildman–Crippen LogP) is -0.465. The number of hydrogen-bond acceptors (Lipinski definition) is 4. The highest BCUT2D eigenvalue weighted by Gasteiger charge is 2.22. The van der Waals surface area contributed by atoms with E-state index in [1.165, 1.54) is 0 Å². The summed E-state index contributed by atoms with van der Waals surface area (Å²) in [7, 11) is 0. The first-order valence-corrected chi connectivity index (χ1v) is 4.33. The Hall–Kier alpha value is -0.160. The van der Waals surface area contributed by atoms with Crippen LogP contribution in [0.25, 0.3) is 0 Å². The van der Waals surface area contributed by atoms with E-state index in [4.69, 9.17) is 14.6 Å². The maximum absolute atomic E-state index is 9.49. The minimum atomic E-state index is -0.502. The van der Waals surface area contributed by atoms with E-state index in [2.05, 4.69) is 0 Å². The second kappa shape index (κ2) is 5.48. The van der Waals surface area contributed by atoms with Gasteiger partial charge in [0, 0.05) is 6.61 Å². The number of aliphatic hydroxyl groups is 2. The van der Waals surface area contributed by atoms with Crippen LogP contribution in [0.5, 0.6) is 0 Å². The lowest BCUT2D eigenvalue weighted by Crippen LogP contribution is -2.38. The van der Waals surface area contributed by atoms with E-state index in [-0.39, 0.29) is 12.7 Å². The summed E-state index contributed by atoms with van der Waals surface area (Å²) in [4.78, 5) is 0. The Morgan fingerprint density at radius 3 is 2.83 bits per heavy atom. The van der Waals surface area contributed by atoms with Crippen LogP contribution < -0.4 is 0 Å². The minimum Gasteiger partial charge on any atom is -0.396 e. The molecule has 1 heterocycles. The molecule has 1 aliphatic heterocycles. The van der Waals surface area contributed by atoms with Gasteiger partial charge in [-0.25, -0.2) is 0 Å². The molecule has 1 fully saturated rings. The van der Waals surface area contributed by atoms with Crippen molar-refractivity contribution in [2.24, 2.45) is 0 Å². The van der Waals surface area contributed by atoms with Crippen LogP contribution in [0.3, 0.4) is 0 Å². The van der Waals surface area contributed by atoms with Crippen molar-refractivity contribution in [3.63, 3.8) is 0 Å². The highest BCUT2D eigenvalue weighted by Crippen LogP contribution is 2.09. The lowest BCUT2D eigenvalue weighted by Gasteiger charge is -2.26. The fourth-order valence-electron chi connectivity index (χ4n) is 1.21. The lowest BCUT2D eigenvalue weighted by atomic mass is 10.1. The Kier molecular flexibility index (Phi) is 4.53. The van der Waals surface area contributed by atoms with Crippen molar-refractivity contribution in [3.05, 3.63) is 0 Å². The molecule has 72 valence electrons. The van der Waals surface area contributed by atoms with Crippen molar-refractivity contribution in [3.8, 4) is 0 Å². The van der Waals surface area contributed by atoms with Gasteiger partial charge in [-0.2, -0.15) is 0 Å². The van der Waals surface area contributed by atoms with Crippen LogP contribution in [0.15, 0.2) is 0 Å². The van der Waals surface area contributed by atoms with Gasteiger partial charge in [0.1, 0.15) is 6.10 Å². The van der Waals surface area contributed by atoms with E-state index in [0.717, 1.165) is 0 Å². The molecule has 1 saturated heterocycles. The van der Waals surface area contributed by atoms with Crippen molar-refractivity contribution in [2.45, 2.75) is 25.0 Å². The molecule has 4 heteroatoms. The smallest absolute Gasteiger partial charge is 0.107 e. The van der Waals surface area contributed by atoms with Gasteiger partial charge in [-0.3, -0.25) is 0 Å². The van der Waals surface area contributed by atoms with Gasteiger partial charge in [0.05, 0.1) is 25.9 Å². The number of ether oxygens (including phenoxy) is 2. The highest BCUT2D eigenvalue weighted by atomic mass is 16.6. The third kappa shape index (κ3) is 3.06.